The van der Waals surface area contributed by atoms with E-state index in [9.17, 15) is 18.0 Å². The first kappa shape index (κ1) is 15.5. The van der Waals surface area contributed by atoms with Crippen molar-refractivity contribution in [3.8, 4) is 0 Å². The van der Waals surface area contributed by atoms with Gasteiger partial charge in [-0.3, -0.25) is 4.79 Å². The van der Waals surface area contributed by atoms with Gasteiger partial charge >= 0.3 is 5.97 Å². The average Bonchev–Trinajstić information content (AvgIpc) is 2.36. The Kier molecular flexibility index (Phi) is 5.35. The molecule has 0 fully saturated rings. The molecular weight excluding hydrogens is 259 g/mol. The van der Waals surface area contributed by atoms with Crippen LogP contribution in [0, 0.1) is 5.82 Å². The number of hydrogen-bond acceptors (Lipinski definition) is 3. The lowest BCUT2D eigenvalue weighted by atomic mass is 9.77. The summed E-state index contributed by atoms with van der Waals surface area (Å²) in [5.41, 5.74) is 3.90. The number of carbonyl (C=O) groups is 1. The molecule has 0 amide bonds. The highest BCUT2D eigenvalue weighted by atomic mass is 19.3. The van der Waals surface area contributed by atoms with Crippen LogP contribution in [-0.4, -0.2) is 25.5 Å². The van der Waals surface area contributed by atoms with E-state index in [0.717, 1.165) is 12.1 Å². The molecule has 0 saturated carbocycles. The van der Waals surface area contributed by atoms with E-state index in [1.165, 1.54) is 12.1 Å². The van der Waals surface area contributed by atoms with Crippen LogP contribution in [0.15, 0.2) is 24.3 Å². The second-order valence-corrected chi connectivity index (χ2v) is 4.11. The maximum absolute atomic E-state index is 13.2. The number of hydrogen-bond donors (Lipinski definition) is 1. The molecule has 1 rings (SSSR count). The molecule has 0 heterocycles. The van der Waals surface area contributed by atoms with Gasteiger partial charge in [-0.2, -0.15) is 0 Å². The van der Waals surface area contributed by atoms with Gasteiger partial charge in [0.25, 0.3) is 0 Å². The third-order valence-corrected chi connectivity index (χ3v) is 2.89. The summed E-state index contributed by atoms with van der Waals surface area (Å²) in [4.78, 5) is 12.0. The smallest absolute Gasteiger partial charge is 0.318 e. The summed E-state index contributed by atoms with van der Waals surface area (Å²) in [6.07, 6.45) is -3.55. The number of alkyl halides is 2. The third kappa shape index (κ3) is 3.47. The molecule has 6 heteroatoms. The second kappa shape index (κ2) is 6.56. The lowest BCUT2D eigenvalue weighted by molar-refractivity contribution is -0.151. The van der Waals surface area contributed by atoms with Crippen LogP contribution in [0.4, 0.5) is 13.2 Å². The minimum Gasteiger partial charge on any atom is -0.465 e. The zero-order valence-corrected chi connectivity index (χ0v) is 10.5. The highest BCUT2D eigenvalue weighted by molar-refractivity contribution is 5.83. The number of carbonyl (C=O) groups excluding carboxylic acids is 1. The molecular formula is C13H16F3NO2. The van der Waals surface area contributed by atoms with Crippen LogP contribution < -0.4 is 5.73 Å². The highest BCUT2D eigenvalue weighted by Gasteiger charge is 2.43. The monoisotopic (exact) mass is 275 g/mol. The van der Waals surface area contributed by atoms with Gasteiger partial charge in [0.05, 0.1) is 6.61 Å². The van der Waals surface area contributed by atoms with Gasteiger partial charge in [-0.15, -0.1) is 0 Å². The molecule has 1 aromatic rings. The van der Waals surface area contributed by atoms with Gasteiger partial charge in [0, 0.05) is 13.0 Å². The van der Waals surface area contributed by atoms with Crippen LogP contribution in [0.1, 0.15) is 18.9 Å². The molecule has 0 spiro atoms. The Labute approximate surface area is 109 Å². The van der Waals surface area contributed by atoms with Crippen molar-refractivity contribution < 1.29 is 22.7 Å². The molecule has 19 heavy (non-hydrogen) atoms. The molecule has 0 radical (unpaired) electrons. The van der Waals surface area contributed by atoms with Crippen molar-refractivity contribution in [3.63, 3.8) is 0 Å². The van der Waals surface area contributed by atoms with Gasteiger partial charge < -0.3 is 10.5 Å². The van der Waals surface area contributed by atoms with Crippen LogP contribution in [-0.2, 0) is 14.9 Å². The molecule has 1 unspecified atom stereocenters. The van der Waals surface area contributed by atoms with E-state index in [4.69, 9.17) is 10.5 Å². The molecule has 0 saturated heterocycles. The molecule has 1 aromatic carbocycles. The standard InChI is InChI=1S/C13H16F3NO2/c1-2-19-12(18)13(8-17,7-11(15)16)9-4-3-5-10(14)6-9/h3-6,11H,2,7-8,17H2,1H3. The van der Waals surface area contributed by atoms with Gasteiger partial charge in [-0.05, 0) is 24.6 Å². The Bertz CT molecular complexity index is 440. The Morgan fingerprint density at radius 1 is 1.47 bits per heavy atom. The summed E-state index contributed by atoms with van der Waals surface area (Å²) in [5.74, 6) is -1.47. The Morgan fingerprint density at radius 2 is 2.16 bits per heavy atom. The van der Waals surface area contributed by atoms with Crippen molar-refractivity contribution in [3.05, 3.63) is 35.6 Å². The Balaban J connectivity index is 3.26. The first-order valence-corrected chi connectivity index (χ1v) is 5.87. The van der Waals surface area contributed by atoms with Gasteiger partial charge in [-0.1, -0.05) is 12.1 Å². The van der Waals surface area contributed by atoms with Crippen molar-refractivity contribution in [2.75, 3.05) is 13.2 Å². The van der Waals surface area contributed by atoms with E-state index < -0.39 is 30.0 Å². The van der Waals surface area contributed by atoms with Crippen molar-refractivity contribution in [2.45, 2.75) is 25.2 Å². The molecule has 0 bridgehead atoms. The topological polar surface area (TPSA) is 52.3 Å². The van der Waals surface area contributed by atoms with Crippen LogP contribution in [0.5, 0.6) is 0 Å². The number of nitrogens with two attached hydrogens (primary N) is 1. The highest BCUT2D eigenvalue weighted by Crippen LogP contribution is 2.32. The summed E-state index contributed by atoms with van der Waals surface area (Å²) in [6.45, 7) is 1.23. The van der Waals surface area contributed by atoms with E-state index in [0.29, 0.717) is 0 Å². The lowest BCUT2D eigenvalue weighted by Crippen LogP contribution is -2.45. The zero-order valence-electron chi connectivity index (χ0n) is 10.5. The zero-order chi connectivity index (χ0) is 14.5. The minimum absolute atomic E-state index is 0.0408. The van der Waals surface area contributed by atoms with E-state index in [1.54, 1.807) is 6.92 Å². The van der Waals surface area contributed by atoms with E-state index in [1.807, 2.05) is 0 Å². The second-order valence-electron chi connectivity index (χ2n) is 4.11. The predicted octanol–water partition coefficient (Wildman–Crippen LogP) is 2.24. The van der Waals surface area contributed by atoms with E-state index in [-0.39, 0.29) is 18.7 Å². The molecule has 0 aromatic heterocycles. The quantitative estimate of drug-likeness (QED) is 0.810. The molecule has 106 valence electrons. The molecule has 2 N–H and O–H groups in total. The van der Waals surface area contributed by atoms with Gasteiger partial charge in [0.15, 0.2) is 0 Å². The number of halogens is 3. The van der Waals surface area contributed by atoms with Gasteiger partial charge in [-0.25, -0.2) is 13.2 Å². The van der Waals surface area contributed by atoms with Crippen LogP contribution in [0.25, 0.3) is 0 Å². The fraction of sp³-hybridized carbons (Fsp3) is 0.462. The van der Waals surface area contributed by atoms with Crippen molar-refractivity contribution in [1.29, 1.82) is 0 Å². The summed E-state index contributed by atoms with van der Waals surface area (Å²) in [6, 6.07) is 4.94. The van der Waals surface area contributed by atoms with Gasteiger partial charge in [0.1, 0.15) is 11.2 Å². The van der Waals surface area contributed by atoms with Crippen LogP contribution >= 0.6 is 0 Å². The van der Waals surface area contributed by atoms with Crippen LogP contribution in [0.3, 0.4) is 0 Å². The van der Waals surface area contributed by atoms with E-state index in [2.05, 4.69) is 0 Å². The minimum atomic E-state index is -2.75. The lowest BCUT2D eigenvalue weighted by Gasteiger charge is -2.30. The summed E-state index contributed by atoms with van der Waals surface area (Å²) < 4.78 is 43.6. The maximum Gasteiger partial charge on any atom is 0.318 e. The first-order valence-electron chi connectivity index (χ1n) is 5.87. The van der Waals surface area contributed by atoms with Gasteiger partial charge in [0.2, 0.25) is 6.43 Å². The Hall–Kier alpha value is -1.56. The maximum atomic E-state index is 13.2. The molecule has 0 aliphatic rings. The molecule has 0 aliphatic heterocycles. The van der Waals surface area contributed by atoms with Crippen molar-refractivity contribution in [2.24, 2.45) is 5.73 Å². The fourth-order valence-corrected chi connectivity index (χ4v) is 1.92. The molecule has 3 nitrogen and oxygen atoms in total. The van der Waals surface area contributed by atoms with Crippen molar-refractivity contribution >= 4 is 5.97 Å². The number of ether oxygens (including phenoxy) is 1. The van der Waals surface area contributed by atoms with Crippen LogP contribution in [0.2, 0.25) is 0 Å². The summed E-state index contributed by atoms with van der Waals surface area (Å²) >= 11 is 0. The number of rotatable bonds is 6. The summed E-state index contributed by atoms with van der Waals surface area (Å²) in [7, 11) is 0. The Morgan fingerprint density at radius 3 is 2.63 bits per heavy atom. The first-order chi connectivity index (χ1) is 8.96. The third-order valence-electron chi connectivity index (χ3n) is 2.89. The average molecular weight is 275 g/mol. The predicted molar refractivity (Wildman–Crippen MR) is 64.4 cm³/mol. The van der Waals surface area contributed by atoms with Crippen molar-refractivity contribution in [1.82, 2.24) is 0 Å². The number of benzene rings is 1. The van der Waals surface area contributed by atoms with E-state index >= 15 is 0 Å². The largest absolute Gasteiger partial charge is 0.465 e. The summed E-state index contributed by atoms with van der Waals surface area (Å²) in [5, 5.41) is 0. The molecule has 0 aliphatic carbocycles. The normalized spacial score (nSPS) is 14.2. The molecule has 1 atom stereocenters. The fourth-order valence-electron chi connectivity index (χ4n) is 1.92. The number of esters is 1. The SMILES string of the molecule is CCOC(=O)C(CN)(CC(F)F)c1cccc(F)c1.